The summed E-state index contributed by atoms with van der Waals surface area (Å²) >= 11 is 0. The summed E-state index contributed by atoms with van der Waals surface area (Å²) in [4.78, 5) is 10.1. The summed E-state index contributed by atoms with van der Waals surface area (Å²) in [6.07, 6.45) is 0. The van der Waals surface area contributed by atoms with Crippen LogP contribution in [0.25, 0.3) is 55.8 Å². The van der Waals surface area contributed by atoms with Gasteiger partial charge in [-0.15, -0.1) is 0 Å². The predicted octanol–water partition coefficient (Wildman–Crippen LogP) is 10.6. The summed E-state index contributed by atoms with van der Waals surface area (Å²) < 4.78 is 6.43. The minimum absolute atomic E-state index is 0.451. The van der Waals surface area contributed by atoms with Crippen LogP contribution in [-0.4, -0.2) is 9.97 Å². The Labute approximate surface area is 268 Å². The number of hydrogen-bond acceptors (Lipinski definition) is 4. The molecule has 8 rings (SSSR count). The van der Waals surface area contributed by atoms with Gasteiger partial charge in [0.2, 0.25) is 0 Å². The van der Waals surface area contributed by atoms with Crippen LogP contribution in [0.5, 0.6) is 11.5 Å². The summed E-state index contributed by atoms with van der Waals surface area (Å²) in [5, 5.41) is 11.0. The first-order valence-electron chi connectivity index (χ1n) is 15.4. The number of rotatable bonds is 4. The number of benzene rings is 6. The average molecular weight is 592 g/mol. The largest absolute Gasteiger partial charge is 0.457 e. The Hall–Kier alpha value is -6.05. The van der Waals surface area contributed by atoms with Crippen molar-refractivity contribution in [1.29, 1.82) is 5.26 Å². The van der Waals surface area contributed by atoms with Gasteiger partial charge in [-0.2, -0.15) is 5.26 Å². The molecule has 0 N–H and O–H groups in total. The average Bonchev–Trinajstić information content (AvgIpc) is 3.11. The van der Waals surface area contributed by atoms with Crippen molar-refractivity contribution < 1.29 is 4.74 Å². The maximum Gasteiger partial charge on any atom is 0.160 e. The predicted molar refractivity (Wildman–Crippen MR) is 185 cm³/mol. The van der Waals surface area contributed by atoms with Crippen LogP contribution in [-0.2, 0) is 5.41 Å². The molecule has 4 nitrogen and oxygen atoms in total. The third kappa shape index (κ3) is 4.45. The van der Waals surface area contributed by atoms with E-state index in [-0.39, 0.29) is 0 Å². The Morgan fingerprint density at radius 3 is 1.98 bits per heavy atom. The second-order valence-corrected chi connectivity index (χ2v) is 12.1. The van der Waals surface area contributed by atoms with Gasteiger partial charge < -0.3 is 4.74 Å². The fraction of sp³-hybridized carbons (Fsp3) is 0.0714. The second kappa shape index (κ2) is 10.8. The Balaban J connectivity index is 1.29. The molecule has 218 valence electrons. The highest BCUT2D eigenvalue weighted by Crippen LogP contribution is 2.52. The van der Waals surface area contributed by atoms with Gasteiger partial charge in [0, 0.05) is 33.1 Å². The van der Waals surface area contributed by atoms with Crippen molar-refractivity contribution in [1.82, 2.24) is 9.97 Å². The molecule has 2 heterocycles. The van der Waals surface area contributed by atoms with Crippen molar-refractivity contribution in [3.8, 4) is 62.5 Å². The van der Waals surface area contributed by atoms with Crippen molar-refractivity contribution in [3.05, 3.63) is 156 Å². The van der Waals surface area contributed by atoms with Crippen LogP contribution in [0.15, 0.2) is 140 Å². The van der Waals surface area contributed by atoms with E-state index in [1.54, 1.807) is 0 Å². The maximum absolute atomic E-state index is 9.98. The van der Waals surface area contributed by atoms with Crippen molar-refractivity contribution >= 4 is 10.9 Å². The molecular formula is C42H29N3O. The zero-order chi connectivity index (χ0) is 31.3. The lowest BCUT2D eigenvalue weighted by molar-refractivity contribution is 0.418. The molecule has 0 atom stereocenters. The van der Waals surface area contributed by atoms with Gasteiger partial charge in [0.1, 0.15) is 11.5 Å². The minimum atomic E-state index is -0.451. The highest BCUT2D eigenvalue weighted by atomic mass is 16.5. The number of nitriles is 1. The summed E-state index contributed by atoms with van der Waals surface area (Å²) in [6, 6.07) is 49.8. The van der Waals surface area contributed by atoms with E-state index < -0.39 is 5.41 Å². The van der Waals surface area contributed by atoms with E-state index in [1.165, 1.54) is 0 Å². The third-order valence-corrected chi connectivity index (χ3v) is 8.94. The number of nitrogens with zero attached hydrogens (tertiary/aromatic N) is 3. The van der Waals surface area contributed by atoms with Crippen LogP contribution in [0.2, 0.25) is 0 Å². The summed E-state index contributed by atoms with van der Waals surface area (Å²) in [6.45, 7) is 4.36. The highest BCUT2D eigenvalue weighted by Gasteiger charge is 2.38. The van der Waals surface area contributed by atoms with Gasteiger partial charge in [0.15, 0.2) is 5.82 Å². The molecule has 4 heteroatoms. The van der Waals surface area contributed by atoms with Gasteiger partial charge in [0.25, 0.3) is 0 Å². The maximum atomic E-state index is 9.98. The van der Waals surface area contributed by atoms with E-state index in [1.807, 2.05) is 72.8 Å². The molecule has 0 amide bonds. The Kier molecular flexibility index (Phi) is 6.48. The molecule has 1 aliphatic heterocycles. The summed E-state index contributed by atoms with van der Waals surface area (Å²) in [5.41, 5.74) is 10.3. The first-order valence-corrected chi connectivity index (χ1v) is 15.4. The van der Waals surface area contributed by atoms with Crippen LogP contribution in [0.3, 0.4) is 0 Å². The van der Waals surface area contributed by atoms with Gasteiger partial charge in [-0.1, -0.05) is 123 Å². The first-order chi connectivity index (χ1) is 22.5. The molecule has 1 aliphatic rings. The second-order valence-electron chi connectivity index (χ2n) is 12.1. The highest BCUT2D eigenvalue weighted by molar-refractivity contribution is 5.98. The number of ether oxygens (including phenoxy) is 1. The van der Waals surface area contributed by atoms with E-state index in [2.05, 4.69) is 86.6 Å². The van der Waals surface area contributed by atoms with Gasteiger partial charge in [-0.3, -0.25) is 0 Å². The van der Waals surface area contributed by atoms with Crippen LogP contribution in [0.4, 0.5) is 0 Å². The van der Waals surface area contributed by atoms with E-state index in [9.17, 15) is 5.26 Å². The molecule has 46 heavy (non-hydrogen) atoms. The lowest BCUT2D eigenvalue weighted by Crippen LogP contribution is -2.26. The molecule has 0 unspecified atom stereocenters. The molecule has 0 saturated carbocycles. The summed E-state index contributed by atoms with van der Waals surface area (Å²) in [7, 11) is 0. The normalized spacial score (nSPS) is 12.9. The number of hydrogen-bond donors (Lipinski definition) is 0. The minimum Gasteiger partial charge on any atom is -0.457 e. The SMILES string of the molecule is CC1(C)c2c(C#N)cccc2Oc2cccc(-c3cccc(-c4ccccc4-c4nc(-c5ccccc5)nc5ccccc45)c3)c21. The van der Waals surface area contributed by atoms with Crippen LogP contribution >= 0.6 is 0 Å². The number of aromatic nitrogens is 2. The monoisotopic (exact) mass is 591 g/mol. The van der Waals surface area contributed by atoms with E-state index in [4.69, 9.17) is 14.7 Å². The molecule has 6 aromatic carbocycles. The van der Waals surface area contributed by atoms with Gasteiger partial charge in [-0.25, -0.2) is 9.97 Å². The number of fused-ring (bicyclic) bond motifs is 3. The van der Waals surface area contributed by atoms with E-state index in [0.29, 0.717) is 11.4 Å². The molecule has 0 spiro atoms. The zero-order valence-corrected chi connectivity index (χ0v) is 25.5. The molecule has 0 radical (unpaired) electrons. The molecule has 0 bridgehead atoms. The molecular weight excluding hydrogens is 562 g/mol. The first kappa shape index (κ1) is 27.5. The molecule has 0 fully saturated rings. The quantitative estimate of drug-likeness (QED) is 0.204. The fourth-order valence-electron chi connectivity index (χ4n) is 6.89. The van der Waals surface area contributed by atoms with Crippen LogP contribution in [0, 0.1) is 11.3 Å². The zero-order valence-electron chi connectivity index (χ0n) is 25.5. The van der Waals surface area contributed by atoms with Crippen molar-refractivity contribution in [3.63, 3.8) is 0 Å². The van der Waals surface area contributed by atoms with E-state index in [0.717, 1.165) is 72.6 Å². The van der Waals surface area contributed by atoms with Gasteiger partial charge in [-0.05, 0) is 52.6 Å². The van der Waals surface area contributed by atoms with Crippen molar-refractivity contribution in [2.24, 2.45) is 0 Å². The third-order valence-electron chi connectivity index (χ3n) is 8.94. The molecule has 1 aromatic heterocycles. The van der Waals surface area contributed by atoms with E-state index >= 15 is 0 Å². The number of para-hydroxylation sites is 1. The Morgan fingerprint density at radius 1 is 0.565 bits per heavy atom. The Morgan fingerprint density at radius 2 is 1.17 bits per heavy atom. The molecule has 7 aromatic rings. The molecule has 0 aliphatic carbocycles. The fourth-order valence-corrected chi connectivity index (χ4v) is 6.89. The van der Waals surface area contributed by atoms with Gasteiger partial charge in [0.05, 0.1) is 22.8 Å². The Bertz CT molecular complexity index is 2330. The standard InChI is InChI=1S/C42H29N3O/c1-42(2)38-30(26-43)17-11-23-36(38)46-37-24-12-21-32(39(37)42)29-16-10-15-28(25-29)31-18-6-7-19-33(31)40-34-20-8-9-22-35(34)44-41(45-40)27-13-4-3-5-14-27/h3-25H,1-2H3. The van der Waals surface area contributed by atoms with Crippen molar-refractivity contribution in [2.45, 2.75) is 19.3 Å². The smallest absolute Gasteiger partial charge is 0.160 e. The van der Waals surface area contributed by atoms with Crippen LogP contribution < -0.4 is 4.74 Å². The van der Waals surface area contributed by atoms with Gasteiger partial charge >= 0.3 is 0 Å². The lowest BCUT2D eigenvalue weighted by atomic mass is 9.71. The summed E-state index contributed by atoms with van der Waals surface area (Å²) in [5.74, 6) is 2.26. The lowest BCUT2D eigenvalue weighted by Gasteiger charge is -2.36. The van der Waals surface area contributed by atoms with Crippen LogP contribution in [0.1, 0.15) is 30.5 Å². The van der Waals surface area contributed by atoms with Crippen molar-refractivity contribution in [2.75, 3.05) is 0 Å². The topological polar surface area (TPSA) is 58.8 Å². The molecule has 0 saturated heterocycles.